The zero-order valence-electron chi connectivity index (χ0n) is 26.5. The SMILES string of the molecule is C[C@H](Cn1cnc2c(N)ncnc21)OCP(=O)(O)OCCCC(F)(F)CCCCCCCCCCCCC#C[Si](C)(C)C. The van der Waals surface area contributed by atoms with Gasteiger partial charge in [-0.3, -0.25) is 4.57 Å². The molecule has 0 aromatic carbocycles. The van der Waals surface area contributed by atoms with E-state index in [0.717, 1.165) is 32.1 Å². The number of rotatable bonds is 22. The molecule has 0 aliphatic carbocycles. The van der Waals surface area contributed by atoms with E-state index >= 15 is 0 Å². The number of hydrogen-bond donors (Lipinski definition) is 2. The van der Waals surface area contributed by atoms with Gasteiger partial charge in [-0.15, -0.1) is 11.5 Å². The highest BCUT2D eigenvalue weighted by Gasteiger charge is 2.28. The molecule has 0 aliphatic heterocycles. The number of unbranched alkanes of at least 4 members (excludes halogenated alkanes) is 10. The molecule has 1 unspecified atom stereocenters. The summed E-state index contributed by atoms with van der Waals surface area (Å²) >= 11 is 0. The van der Waals surface area contributed by atoms with Crippen LogP contribution in [0.15, 0.2) is 12.7 Å². The second kappa shape index (κ2) is 18.8. The van der Waals surface area contributed by atoms with Crippen molar-refractivity contribution in [3.05, 3.63) is 12.7 Å². The Morgan fingerprint density at radius 3 is 2.26 bits per heavy atom. The third-order valence-corrected chi connectivity index (χ3v) is 8.93. The maximum Gasteiger partial charge on any atom is 0.353 e. The van der Waals surface area contributed by atoms with Crippen LogP contribution in [0.5, 0.6) is 0 Å². The topological polar surface area (TPSA) is 125 Å². The van der Waals surface area contributed by atoms with E-state index in [9.17, 15) is 18.2 Å². The summed E-state index contributed by atoms with van der Waals surface area (Å²) in [5.41, 5.74) is 10.2. The summed E-state index contributed by atoms with van der Waals surface area (Å²) in [6, 6.07) is 0. The monoisotopic (exact) mass is 643 g/mol. The molecule has 2 aromatic rings. The highest BCUT2D eigenvalue weighted by molar-refractivity contribution is 7.52. The van der Waals surface area contributed by atoms with Gasteiger partial charge in [0.15, 0.2) is 11.5 Å². The standard InChI is InChI=1S/C30H52F2N5O4PSi/c1-26(22-37-24-36-27-28(33)34-23-35-29(27)37)40-25-42(38,39)41-20-17-19-30(31,32)18-15-13-11-9-7-5-6-8-10-12-14-16-21-43(2,3)4/h23-24,26H,5-15,17-20,22,25H2,1-4H3,(H,38,39)(H2,33,34,35)/t26-/m1/s1. The van der Waals surface area contributed by atoms with Crippen LogP contribution in [-0.4, -0.2) is 57.5 Å². The van der Waals surface area contributed by atoms with Gasteiger partial charge in [-0.1, -0.05) is 71.0 Å². The Morgan fingerprint density at radius 2 is 1.60 bits per heavy atom. The minimum Gasteiger partial charge on any atom is -0.382 e. The van der Waals surface area contributed by atoms with Crippen LogP contribution in [0, 0.1) is 11.5 Å². The molecule has 2 aromatic heterocycles. The first-order valence-corrected chi connectivity index (χ1v) is 20.9. The molecule has 0 aliphatic rings. The van der Waals surface area contributed by atoms with E-state index in [4.69, 9.17) is 15.0 Å². The number of alkyl halides is 2. The van der Waals surface area contributed by atoms with Crippen molar-refractivity contribution >= 4 is 32.7 Å². The predicted molar refractivity (Wildman–Crippen MR) is 172 cm³/mol. The van der Waals surface area contributed by atoms with Gasteiger partial charge in [0.05, 0.1) is 25.6 Å². The average Bonchev–Trinajstić information content (AvgIpc) is 3.33. The van der Waals surface area contributed by atoms with Gasteiger partial charge in [-0.25, -0.2) is 23.7 Å². The minimum atomic E-state index is -4.07. The lowest BCUT2D eigenvalue weighted by Crippen LogP contribution is -2.18. The largest absolute Gasteiger partial charge is 0.382 e. The molecule has 0 saturated heterocycles. The lowest BCUT2D eigenvalue weighted by molar-refractivity contribution is -0.0233. The molecule has 9 nitrogen and oxygen atoms in total. The molecule has 2 atom stereocenters. The molecule has 43 heavy (non-hydrogen) atoms. The molecular formula is C30H52F2N5O4PSi. The van der Waals surface area contributed by atoms with Crippen molar-refractivity contribution in [2.45, 2.75) is 135 Å². The number of aromatic nitrogens is 4. The normalized spacial score (nSPS) is 14.4. The minimum absolute atomic E-state index is 0.000148. The molecule has 0 fully saturated rings. The van der Waals surface area contributed by atoms with Crippen LogP contribution < -0.4 is 5.73 Å². The number of anilines is 1. The van der Waals surface area contributed by atoms with E-state index in [0.29, 0.717) is 24.1 Å². The van der Waals surface area contributed by atoms with Crippen molar-refractivity contribution in [3.8, 4) is 11.5 Å². The first kappa shape index (κ1) is 37.3. The Kier molecular flexibility index (Phi) is 16.3. The van der Waals surface area contributed by atoms with Crippen molar-refractivity contribution in [3.63, 3.8) is 0 Å². The molecule has 13 heteroatoms. The predicted octanol–water partition coefficient (Wildman–Crippen LogP) is 7.95. The molecule has 2 heterocycles. The van der Waals surface area contributed by atoms with Crippen LogP contribution in [0.3, 0.4) is 0 Å². The number of nitrogens with two attached hydrogens (primary N) is 1. The van der Waals surface area contributed by atoms with Crippen LogP contribution >= 0.6 is 7.60 Å². The Balaban J connectivity index is 1.47. The van der Waals surface area contributed by atoms with E-state index in [-0.39, 0.29) is 31.7 Å². The molecule has 244 valence electrons. The Hall–Kier alpha value is -1.90. The quantitative estimate of drug-likeness (QED) is 0.0573. The molecule has 0 saturated carbocycles. The van der Waals surface area contributed by atoms with E-state index in [1.165, 1.54) is 38.4 Å². The van der Waals surface area contributed by atoms with Crippen LogP contribution in [0.25, 0.3) is 11.2 Å². The summed E-state index contributed by atoms with van der Waals surface area (Å²) < 4.78 is 53.0. The van der Waals surface area contributed by atoms with Crippen LogP contribution in [-0.2, 0) is 20.4 Å². The first-order chi connectivity index (χ1) is 20.3. The Labute approximate surface area is 257 Å². The average molecular weight is 644 g/mol. The van der Waals surface area contributed by atoms with Crippen LogP contribution in [0.1, 0.15) is 96.8 Å². The van der Waals surface area contributed by atoms with Gasteiger partial charge >= 0.3 is 7.60 Å². The number of nitrogens with zero attached hydrogens (tertiary/aromatic N) is 4. The zero-order valence-corrected chi connectivity index (χ0v) is 28.4. The molecule has 0 radical (unpaired) electrons. The molecule has 3 N–H and O–H groups in total. The second-order valence-electron chi connectivity index (χ2n) is 12.5. The lowest BCUT2D eigenvalue weighted by Gasteiger charge is -2.19. The van der Waals surface area contributed by atoms with Gasteiger partial charge in [0.25, 0.3) is 0 Å². The number of halogens is 2. The number of fused-ring (bicyclic) bond motifs is 1. The van der Waals surface area contributed by atoms with Gasteiger partial charge in [0, 0.05) is 19.3 Å². The number of imidazole rings is 1. The maximum absolute atomic E-state index is 14.3. The number of ether oxygens (including phenoxy) is 1. The van der Waals surface area contributed by atoms with Crippen molar-refractivity contribution in [2.75, 3.05) is 18.7 Å². The molecule has 0 bridgehead atoms. The fraction of sp³-hybridized carbons (Fsp3) is 0.767. The fourth-order valence-corrected chi connectivity index (χ4v) is 6.21. The van der Waals surface area contributed by atoms with Crippen molar-refractivity contribution < 1.29 is 27.5 Å². The number of hydrogen-bond acceptors (Lipinski definition) is 7. The second-order valence-corrected chi connectivity index (χ2v) is 19.0. The lowest BCUT2D eigenvalue weighted by atomic mass is 10.0. The number of nitrogen functional groups attached to an aromatic ring is 1. The summed E-state index contributed by atoms with van der Waals surface area (Å²) in [5, 5.41) is 0. The summed E-state index contributed by atoms with van der Waals surface area (Å²) in [7, 11) is -5.31. The maximum atomic E-state index is 14.3. The molecule has 2 rings (SSSR count). The van der Waals surface area contributed by atoms with E-state index < -0.39 is 34.0 Å². The highest BCUT2D eigenvalue weighted by atomic mass is 31.2. The highest BCUT2D eigenvalue weighted by Crippen LogP contribution is 2.42. The van der Waals surface area contributed by atoms with E-state index in [1.54, 1.807) is 17.8 Å². The van der Waals surface area contributed by atoms with Crippen molar-refractivity contribution in [1.29, 1.82) is 0 Å². The molecular weight excluding hydrogens is 591 g/mol. The molecule has 0 spiro atoms. The van der Waals surface area contributed by atoms with E-state index in [2.05, 4.69) is 46.1 Å². The summed E-state index contributed by atoms with van der Waals surface area (Å²) in [5.74, 6) is 0.788. The van der Waals surface area contributed by atoms with Gasteiger partial charge in [-0.05, 0) is 26.2 Å². The van der Waals surface area contributed by atoms with Crippen LogP contribution in [0.4, 0.5) is 14.6 Å². The third-order valence-electron chi connectivity index (χ3n) is 6.94. The van der Waals surface area contributed by atoms with Gasteiger partial charge in [0.1, 0.15) is 26.3 Å². The van der Waals surface area contributed by atoms with Crippen molar-refractivity contribution in [1.82, 2.24) is 19.5 Å². The summed E-state index contributed by atoms with van der Waals surface area (Å²) in [4.78, 5) is 22.3. The van der Waals surface area contributed by atoms with Gasteiger partial charge in [-0.2, -0.15) is 0 Å². The van der Waals surface area contributed by atoms with Gasteiger partial charge in [0.2, 0.25) is 5.92 Å². The molecule has 0 amide bonds. The summed E-state index contributed by atoms with van der Waals surface area (Å²) in [6.07, 6.45) is 13.0. The Bertz CT molecular complexity index is 1200. The third kappa shape index (κ3) is 16.7. The first-order valence-electron chi connectivity index (χ1n) is 15.7. The van der Waals surface area contributed by atoms with E-state index in [1.807, 2.05) is 0 Å². The summed E-state index contributed by atoms with van der Waals surface area (Å²) in [6.45, 7) is 8.62. The van der Waals surface area contributed by atoms with Crippen molar-refractivity contribution in [2.24, 2.45) is 0 Å². The smallest absolute Gasteiger partial charge is 0.353 e. The van der Waals surface area contributed by atoms with Gasteiger partial charge < -0.3 is 24.5 Å². The fourth-order valence-electron chi connectivity index (χ4n) is 4.62. The zero-order chi connectivity index (χ0) is 31.8. The van der Waals surface area contributed by atoms with Crippen LogP contribution in [0.2, 0.25) is 19.6 Å². The Morgan fingerprint density at radius 1 is 1.00 bits per heavy atom.